The maximum absolute atomic E-state index is 14.0. The van der Waals surface area contributed by atoms with Crippen LogP contribution >= 0.6 is 0 Å². The third-order valence-electron chi connectivity index (χ3n) is 3.06. The molecule has 22 heavy (non-hydrogen) atoms. The minimum absolute atomic E-state index is 0.102. The predicted molar refractivity (Wildman–Crippen MR) is 70.2 cm³/mol. The van der Waals surface area contributed by atoms with Crippen molar-refractivity contribution in [3.05, 3.63) is 29.1 Å². The van der Waals surface area contributed by atoms with Crippen LogP contribution in [0.4, 0.5) is 23.7 Å². The zero-order valence-electron chi connectivity index (χ0n) is 12.1. The smallest absolute Gasteiger partial charge is 0.415 e. The third kappa shape index (κ3) is 2.72. The van der Waals surface area contributed by atoms with Gasteiger partial charge in [0.15, 0.2) is 17.5 Å². The number of carboxylic acids is 1. The molecule has 1 unspecified atom stereocenters. The summed E-state index contributed by atoms with van der Waals surface area (Å²) in [6.45, 7) is 4.62. The fraction of sp³-hybridized carbons (Fsp3) is 0.429. The molecular weight excluding hydrogens is 303 g/mol. The van der Waals surface area contributed by atoms with E-state index in [2.05, 4.69) is 0 Å². The summed E-state index contributed by atoms with van der Waals surface area (Å²) in [6.07, 6.45) is -1.47. The van der Waals surface area contributed by atoms with Crippen molar-refractivity contribution in [3.63, 3.8) is 0 Å². The van der Waals surface area contributed by atoms with E-state index in [4.69, 9.17) is 4.74 Å². The first-order chi connectivity index (χ1) is 10.0. The predicted octanol–water partition coefficient (Wildman–Crippen LogP) is 2.85. The Bertz CT molecular complexity index is 654. The normalized spacial score (nSPS) is 17.4. The number of rotatable bonds is 1. The molecule has 1 aliphatic heterocycles. The van der Waals surface area contributed by atoms with E-state index in [0.717, 1.165) is 0 Å². The van der Waals surface area contributed by atoms with Crippen LogP contribution in [0.1, 0.15) is 26.3 Å². The molecule has 1 aromatic carbocycles. The van der Waals surface area contributed by atoms with Gasteiger partial charge in [0.2, 0.25) is 0 Å². The van der Waals surface area contributed by atoms with Crippen LogP contribution in [0.5, 0.6) is 0 Å². The standard InChI is InChI=1S/C14H14F3NO4/c1-14(2,3)22-13(21)18-8(12(19)20)5-6-4-7(15)9(16)10(17)11(6)18/h4,8H,5H2,1-3H3,(H,19,20). The number of aliphatic carboxylic acids is 1. The van der Waals surface area contributed by atoms with E-state index in [0.29, 0.717) is 11.0 Å². The van der Waals surface area contributed by atoms with Crippen LogP contribution in [0.3, 0.4) is 0 Å². The Morgan fingerprint density at radius 2 is 1.86 bits per heavy atom. The fourth-order valence-electron chi connectivity index (χ4n) is 2.23. The molecule has 5 nitrogen and oxygen atoms in total. The molecule has 0 radical (unpaired) electrons. The van der Waals surface area contributed by atoms with Gasteiger partial charge in [0.05, 0.1) is 5.69 Å². The molecule has 0 bridgehead atoms. The van der Waals surface area contributed by atoms with Crippen LogP contribution in [-0.4, -0.2) is 28.8 Å². The summed E-state index contributed by atoms with van der Waals surface area (Å²) in [7, 11) is 0. The highest BCUT2D eigenvalue weighted by molar-refractivity contribution is 5.98. The quantitative estimate of drug-likeness (QED) is 0.809. The van der Waals surface area contributed by atoms with Crippen LogP contribution in [0.2, 0.25) is 0 Å². The van der Waals surface area contributed by atoms with Crippen LogP contribution in [-0.2, 0) is 16.0 Å². The summed E-state index contributed by atoms with van der Waals surface area (Å²) in [5.74, 6) is -6.24. The molecule has 1 aliphatic rings. The highest BCUT2D eigenvalue weighted by Gasteiger charge is 2.43. The molecule has 1 amide bonds. The van der Waals surface area contributed by atoms with Crippen LogP contribution in [0.25, 0.3) is 0 Å². The molecule has 1 N–H and O–H groups in total. The second-order valence-electron chi connectivity index (χ2n) is 5.90. The molecule has 0 saturated carbocycles. The van der Waals surface area contributed by atoms with Crippen molar-refractivity contribution in [1.29, 1.82) is 0 Å². The van der Waals surface area contributed by atoms with Crippen LogP contribution < -0.4 is 4.90 Å². The van der Waals surface area contributed by atoms with Crippen molar-refractivity contribution in [3.8, 4) is 0 Å². The minimum Gasteiger partial charge on any atom is -0.480 e. The van der Waals surface area contributed by atoms with Gasteiger partial charge < -0.3 is 9.84 Å². The van der Waals surface area contributed by atoms with E-state index < -0.39 is 46.8 Å². The monoisotopic (exact) mass is 317 g/mol. The van der Waals surface area contributed by atoms with E-state index in [1.165, 1.54) is 0 Å². The Kier molecular flexibility index (Phi) is 3.80. The minimum atomic E-state index is -1.77. The SMILES string of the molecule is CC(C)(C)OC(=O)N1c2c(cc(F)c(F)c2F)CC1C(=O)O. The molecule has 1 heterocycles. The molecule has 1 aromatic rings. The lowest BCUT2D eigenvalue weighted by atomic mass is 10.1. The average molecular weight is 317 g/mol. The molecule has 0 saturated heterocycles. The van der Waals surface area contributed by atoms with E-state index in [1.54, 1.807) is 20.8 Å². The molecule has 0 spiro atoms. The molecular formula is C14H14F3NO4. The van der Waals surface area contributed by atoms with Gasteiger partial charge in [-0.25, -0.2) is 22.8 Å². The van der Waals surface area contributed by atoms with E-state index in [-0.39, 0.29) is 12.0 Å². The Balaban J connectivity index is 2.54. The topological polar surface area (TPSA) is 66.8 Å². The molecule has 0 aromatic heterocycles. The van der Waals surface area contributed by atoms with Crippen molar-refractivity contribution >= 4 is 17.7 Å². The maximum atomic E-state index is 14.0. The molecule has 0 aliphatic carbocycles. The maximum Gasteiger partial charge on any atom is 0.415 e. The summed E-state index contributed by atoms with van der Waals surface area (Å²) in [6, 6.07) is -0.797. The van der Waals surface area contributed by atoms with Crippen molar-refractivity contribution in [2.75, 3.05) is 4.90 Å². The second kappa shape index (κ2) is 5.19. The first kappa shape index (κ1) is 16.1. The van der Waals surface area contributed by atoms with Gasteiger partial charge in [-0.3, -0.25) is 4.90 Å². The molecule has 2 rings (SSSR count). The van der Waals surface area contributed by atoms with Crippen molar-refractivity contribution in [2.24, 2.45) is 0 Å². The van der Waals surface area contributed by atoms with Crippen LogP contribution in [0.15, 0.2) is 6.07 Å². The number of ether oxygens (including phenoxy) is 1. The van der Waals surface area contributed by atoms with E-state index in [9.17, 15) is 27.9 Å². The number of anilines is 1. The summed E-state index contributed by atoms with van der Waals surface area (Å²) >= 11 is 0. The average Bonchev–Trinajstić information content (AvgIpc) is 2.73. The Labute approximate surface area is 124 Å². The van der Waals surface area contributed by atoms with Gasteiger partial charge in [0, 0.05) is 6.42 Å². The molecule has 8 heteroatoms. The van der Waals surface area contributed by atoms with Gasteiger partial charge in [-0.2, -0.15) is 0 Å². The number of benzene rings is 1. The highest BCUT2D eigenvalue weighted by Crippen LogP contribution is 2.38. The summed E-state index contributed by atoms with van der Waals surface area (Å²) in [4.78, 5) is 23.9. The first-order valence-electron chi connectivity index (χ1n) is 6.44. The summed E-state index contributed by atoms with van der Waals surface area (Å²) in [5, 5.41) is 9.17. The van der Waals surface area contributed by atoms with Gasteiger partial charge >= 0.3 is 12.1 Å². The number of hydrogen-bond donors (Lipinski definition) is 1. The summed E-state index contributed by atoms with van der Waals surface area (Å²) in [5.41, 5.74) is -1.66. The van der Waals surface area contributed by atoms with Crippen LogP contribution in [0, 0.1) is 17.5 Å². The number of nitrogens with zero attached hydrogens (tertiary/aromatic N) is 1. The third-order valence-corrected chi connectivity index (χ3v) is 3.06. The Morgan fingerprint density at radius 1 is 1.27 bits per heavy atom. The number of hydrogen-bond acceptors (Lipinski definition) is 3. The fourth-order valence-corrected chi connectivity index (χ4v) is 2.23. The van der Waals surface area contributed by atoms with Gasteiger partial charge in [-0.1, -0.05) is 0 Å². The van der Waals surface area contributed by atoms with Gasteiger partial charge in [-0.15, -0.1) is 0 Å². The lowest BCUT2D eigenvalue weighted by molar-refractivity contribution is -0.138. The number of carboxylic acid groups (broad SMARTS) is 1. The lowest BCUT2D eigenvalue weighted by Gasteiger charge is -2.27. The van der Waals surface area contributed by atoms with Crippen molar-refractivity contribution in [1.82, 2.24) is 0 Å². The summed E-state index contributed by atoms with van der Waals surface area (Å²) < 4.78 is 45.7. The van der Waals surface area contributed by atoms with E-state index >= 15 is 0 Å². The number of fused-ring (bicyclic) bond motifs is 1. The molecule has 1 atom stereocenters. The Morgan fingerprint density at radius 3 is 2.36 bits per heavy atom. The number of carbonyl (C=O) groups is 2. The van der Waals surface area contributed by atoms with Crippen molar-refractivity contribution < 1.29 is 32.6 Å². The Hall–Kier alpha value is -2.25. The molecule has 0 fully saturated rings. The number of amides is 1. The zero-order valence-corrected chi connectivity index (χ0v) is 12.1. The van der Waals surface area contributed by atoms with Gasteiger partial charge in [0.1, 0.15) is 11.6 Å². The number of halogens is 3. The largest absolute Gasteiger partial charge is 0.480 e. The second-order valence-corrected chi connectivity index (χ2v) is 5.90. The van der Waals surface area contributed by atoms with E-state index in [1.807, 2.05) is 0 Å². The van der Waals surface area contributed by atoms with Gasteiger partial charge in [-0.05, 0) is 32.4 Å². The highest BCUT2D eigenvalue weighted by atomic mass is 19.2. The molecule has 120 valence electrons. The van der Waals surface area contributed by atoms with Crippen molar-refractivity contribution in [2.45, 2.75) is 38.8 Å². The zero-order chi connectivity index (χ0) is 16.8. The lowest BCUT2D eigenvalue weighted by Crippen LogP contribution is -2.45. The number of carbonyl (C=O) groups excluding carboxylic acids is 1. The van der Waals surface area contributed by atoms with Gasteiger partial charge in [0.25, 0.3) is 0 Å². The first-order valence-corrected chi connectivity index (χ1v) is 6.44.